The van der Waals surface area contributed by atoms with E-state index in [2.05, 4.69) is 10.4 Å². The van der Waals surface area contributed by atoms with E-state index in [1.807, 2.05) is 6.07 Å². The maximum absolute atomic E-state index is 11.2. The molecule has 77 valence electrons. The van der Waals surface area contributed by atoms with Crippen molar-refractivity contribution in [2.45, 2.75) is 6.42 Å². The highest BCUT2D eigenvalue weighted by Crippen LogP contribution is 2.05. The van der Waals surface area contributed by atoms with E-state index in [9.17, 15) is 9.59 Å². The molecule has 0 aromatic heterocycles. The van der Waals surface area contributed by atoms with Crippen molar-refractivity contribution in [3.63, 3.8) is 0 Å². The number of benzene rings is 1. The number of anilines is 1. The van der Waals surface area contributed by atoms with E-state index < -0.39 is 11.7 Å². The normalized spacial score (nSPS) is 9.33. The van der Waals surface area contributed by atoms with Crippen molar-refractivity contribution in [3.8, 4) is 0 Å². The Kier molecular flexibility index (Phi) is 4.15. The number of nitrogens with zero attached hydrogens (tertiary/aromatic N) is 2. The van der Waals surface area contributed by atoms with E-state index in [0.717, 1.165) is 0 Å². The number of amides is 1. The molecular weight excluding hydrogens is 194 g/mol. The fourth-order valence-corrected chi connectivity index (χ4v) is 1.04. The predicted octanol–water partition coefficient (Wildman–Crippen LogP) is 0.837. The molecule has 0 aliphatic rings. The van der Waals surface area contributed by atoms with Crippen LogP contribution >= 0.6 is 0 Å². The summed E-state index contributed by atoms with van der Waals surface area (Å²) in [6.07, 6.45) is -0.279. The topological polar surface area (TPSA) is 80.8 Å². The summed E-state index contributed by atoms with van der Waals surface area (Å²) in [5.74, 6) is -0.833. The Morgan fingerprint density at radius 3 is 2.53 bits per heavy atom. The number of hydrogen-bond donors (Lipinski definition) is 1. The molecule has 1 aromatic carbocycles. The quantitative estimate of drug-likeness (QED) is 0.569. The molecule has 0 heterocycles. The van der Waals surface area contributed by atoms with Gasteiger partial charge in [0.15, 0.2) is 5.78 Å². The molecule has 15 heavy (non-hydrogen) atoms. The zero-order valence-corrected chi connectivity index (χ0v) is 8.01. The van der Waals surface area contributed by atoms with Crippen LogP contribution in [-0.4, -0.2) is 18.2 Å². The lowest BCUT2D eigenvalue weighted by Crippen LogP contribution is -2.17. The van der Waals surface area contributed by atoms with Crippen LogP contribution in [0, 0.1) is 0 Å². The molecule has 1 aromatic rings. The number of ketones is 1. The van der Waals surface area contributed by atoms with Gasteiger partial charge in [0.1, 0.15) is 6.54 Å². The van der Waals surface area contributed by atoms with Crippen molar-refractivity contribution < 1.29 is 9.59 Å². The first-order chi connectivity index (χ1) is 7.22. The summed E-state index contributed by atoms with van der Waals surface area (Å²) in [4.78, 5) is 22.2. The smallest absolute Gasteiger partial charge is 0.231 e. The minimum Gasteiger partial charge on any atom is -0.326 e. The van der Waals surface area contributed by atoms with Crippen molar-refractivity contribution in [2.24, 2.45) is 5.11 Å². The third-order valence-corrected chi connectivity index (χ3v) is 1.66. The van der Waals surface area contributed by atoms with Gasteiger partial charge in [-0.2, -0.15) is 5.11 Å². The lowest BCUT2D eigenvalue weighted by atomic mass is 10.2. The Morgan fingerprint density at radius 2 is 1.93 bits per heavy atom. The van der Waals surface area contributed by atoms with Gasteiger partial charge < -0.3 is 5.32 Å². The van der Waals surface area contributed by atoms with Gasteiger partial charge in [0, 0.05) is 5.69 Å². The molecular formula is C10H10N3O2. The van der Waals surface area contributed by atoms with E-state index in [1.54, 1.807) is 24.3 Å². The van der Waals surface area contributed by atoms with Crippen LogP contribution in [0.1, 0.15) is 6.42 Å². The Morgan fingerprint density at radius 1 is 1.27 bits per heavy atom. The molecule has 0 atom stereocenters. The number of para-hydroxylation sites is 1. The molecule has 0 saturated carbocycles. The van der Waals surface area contributed by atoms with Gasteiger partial charge in [-0.3, -0.25) is 9.59 Å². The van der Waals surface area contributed by atoms with Gasteiger partial charge >= 0.3 is 0 Å². The number of rotatable bonds is 5. The van der Waals surface area contributed by atoms with Crippen molar-refractivity contribution in [1.29, 1.82) is 0 Å². The summed E-state index contributed by atoms with van der Waals surface area (Å²) < 4.78 is 0. The second-order valence-corrected chi connectivity index (χ2v) is 2.93. The summed E-state index contributed by atoms with van der Waals surface area (Å²) in [6, 6.07) is 8.82. The second-order valence-electron chi connectivity index (χ2n) is 2.93. The van der Waals surface area contributed by atoms with Gasteiger partial charge in [-0.1, -0.05) is 18.2 Å². The first-order valence-electron chi connectivity index (χ1n) is 4.40. The van der Waals surface area contributed by atoms with Crippen LogP contribution in [0.15, 0.2) is 35.4 Å². The summed E-state index contributed by atoms with van der Waals surface area (Å²) in [6.45, 7) is -0.345. The molecule has 1 amide bonds. The van der Waals surface area contributed by atoms with Gasteiger partial charge in [-0.15, -0.1) is 0 Å². The molecule has 0 fully saturated rings. The van der Waals surface area contributed by atoms with Crippen molar-refractivity contribution in [1.82, 2.24) is 5.53 Å². The largest absolute Gasteiger partial charge is 0.326 e. The van der Waals surface area contributed by atoms with Crippen LogP contribution in [0.4, 0.5) is 5.69 Å². The third-order valence-electron chi connectivity index (χ3n) is 1.66. The maximum Gasteiger partial charge on any atom is 0.231 e. The van der Waals surface area contributed by atoms with E-state index in [0.29, 0.717) is 5.69 Å². The predicted molar refractivity (Wildman–Crippen MR) is 54.1 cm³/mol. The Hall–Kier alpha value is -2.04. The SMILES string of the molecule is [N]=NCC(=O)CC(=O)Nc1ccccc1. The minimum atomic E-state index is -0.425. The lowest BCUT2D eigenvalue weighted by molar-refractivity contribution is -0.124. The molecule has 5 nitrogen and oxygen atoms in total. The number of nitrogens with one attached hydrogen (secondary N) is 1. The average molecular weight is 204 g/mol. The molecule has 0 saturated heterocycles. The zero-order valence-electron chi connectivity index (χ0n) is 8.01. The summed E-state index contributed by atoms with van der Waals surface area (Å²) in [7, 11) is 0. The van der Waals surface area contributed by atoms with Crippen LogP contribution in [0.5, 0.6) is 0 Å². The summed E-state index contributed by atoms with van der Waals surface area (Å²) >= 11 is 0. The Bertz CT molecular complexity index is 362. The van der Waals surface area contributed by atoms with E-state index in [1.165, 1.54) is 0 Å². The van der Waals surface area contributed by atoms with Crippen molar-refractivity contribution in [2.75, 3.05) is 11.9 Å². The monoisotopic (exact) mass is 204 g/mol. The Balaban J connectivity index is 2.43. The summed E-state index contributed by atoms with van der Waals surface area (Å²) in [5.41, 5.74) is 8.75. The third kappa shape index (κ3) is 4.12. The molecule has 1 N–H and O–H groups in total. The van der Waals surface area contributed by atoms with Gasteiger partial charge in [0.25, 0.3) is 0 Å². The maximum atomic E-state index is 11.2. The van der Waals surface area contributed by atoms with E-state index in [-0.39, 0.29) is 13.0 Å². The highest BCUT2D eigenvalue weighted by atomic mass is 16.2. The van der Waals surface area contributed by atoms with Gasteiger partial charge in [-0.05, 0) is 17.7 Å². The van der Waals surface area contributed by atoms with Crippen molar-refractivity contribution >= 4 is 17.4 Å². The molecule has 1 rings (SSSR count). The average Bonchev–Trinajstić information content (AvgIpc) is 2.19. The van der Waals surface area contributed by atoms with E-state index >= 15 is 0 Å². The highest BCUT2D eigenvalue weighted by molar-refractivity contribution is 6.04. The lowest BCUT2D eigenvalue weighted by Gasteiger charge is -2.02. The number of Topliss-reactive ketones (excluding diaryl/α,β-unsaturated/α-hetero) is 1. The summed E-state index contributed by atoms with van der Waals surface area (Å²) in [5, 5.41) is 5.21. The zero-order chi connectivity index (χ0) is 11.1. The van der Waals surface area contributed by atoms with Crippen LogP contribution in [0.3, 0.4) is 0 Å². The van der Waals surface area contributed by atoms with E-state index in [4.69, 9.17) is 5.53 Å². The molecule has 0 aliphatic carbocycles. The standard InChI is InChI=1S/C10H10N3O2/c11-12-7-9(14)6-10(15)13-8-4-2-1-3-5-8/h1-5H,6-7H2,(H,13,15). The number of carbonyl (C=O) groups excluding carboxylic acids is 2. The molecule has 1 radical (unpaired) electrons. The molecule has 0 spiro atoms. The van der Waals surface area contributed by atoms with Gasteiger partial charge in [0.05, 0.1) is 6.42 Å². The number of carbonyl (C=O) groups is 2. The fraction of sp³-hybridized carbons (Fsp3) is 0.200. The Labute approximate surface area is 87.0 Å². The van der Waals surface area contributed by atoms with Crippen LogP contribution < -0.4 is 10.8 Å². The molecule has 0 bridgehead atoms. The molecule has 0 aliphatic heterocycles. The number of hydrogen-bond acceptors (Lipinski definition) is 3. The highest BCUT2D eigenvalue weighted by Gasteiger charge is 2.08. The van der Waals surface area contributed by atoms with Gasteiger partial charge in [0.2, 0.25) is 5.91 Å². The minimum absolute atomic E-state index is 0.279. The first kappa shape index (κ1) is 11.0. The van der Waals surface area contributed by atoms with Crippen LogP contribution in [0.2, 0.25) is 0 Å². The first-order valence-corrected chi connectivity index (χ1v) is 4.40. The van der Waals surface area contributed by atoms with Gasteiger partial charge in [-0.25, -0.2) is 0 Å². The van der Waals surface area contributed by atoms with Crippen LogP contribution in [0.25, 0.3) is 0 Å². The molecule has 0 unspecified atom stereocenters. The van der Waals surface area contributed by atoms with Crippen LogP contribution in [-0.2, 0) is 9.59 Å². The second kappa shape index (κ2) is 5.64. The van der Waals surface area contributed by atoms with Crippen molar-refractivity contribution in [3.05, 3.63) is 30.3 Å². The molecule has 5 heteroatoms. The fourth-order valence-electron chi connectivity index (χ4n) is 1.04.